The second-order valence-corrected chi connectivity index (χ2v) is 6.43. The fraction of sp³-hybridized carbons (Fsp3) is 0.385. The first-order valence-electron chi connectivity index (χ1n) is 5.86. The Kier molecular flexibility index (Phi) is 3.49. The molecule has 1 amide bonds. The molecule has 7 heteroatoms. The standard InChI is InChI=1S/C13H13F3N2OS/c1-12(2,3)7-4-5-8-9(6-7)20-11(17-8)18-10(19)13(14,15)16/h4-6H,1-3H3,(H,17,18,19). The summed E-state index contributed by atoms with van der Waals surface area (Å²) in [6.45, 7) is 6.13. The first-order chi connectivity index (χ1) is 9.07. The predicted molar refractivity (Wildman–Crippen MR) is 73.0 cm³/mol. The highest BCUT2D eigenvalue weighted by Crippen LogP contribution is 2.31. The Morgan fingerprint density at radius 3 is 2.45 bits per heavy atom. The van der Waals surface area contributed by atoms with Gasteiger partial charge in [-0.2, -0.15) is 13.2 Å². The summed E-state index contributed by atoms with van der Waals surface area (Å²) in [4.78, 5) is 14.8. The van der Waals surface area contributed by atoms with E-state index in [2.05, 4.69) is 4.98 Å². The SMILES string of the molecule is CC(C)(C)c1ccc2nc(NC(=O)C(F)(F)F)sc2c1. The predicted octanol–water partition coefficient (Wildman–Crippen LogP) is 4.09. The molecule has 0 fully saturated rings. The minimum Gasteiger partial charge on any atom is -0.294 e. The highest BCUT2D eigenvalue weighted by molar-refractivity contribution is 7.22. The molecule has 0 spiro atoms. The fourth-order valence-electron chi connectivity index (χ4n) is 1.61. The fourth-order valence-corrected chi connectivity index (χ4v) is 2.51. The van der Waals surface area contributed by atoms with E-state index in [9.17, 15) is 18.0 Å². The van der Waals surface area contributed by atoms with Crippen LogP contribution in [0.2, 0.25) is 0 Å². The molecule has 2 rings (SSSR count). The van der Waals surface area contributed by atoms with Gasteiger partial charge in [-0.1, -0.05) is 38.2 Å². The molecule has 1 aromatic heterocycles. The van der Waals surface area contributed by atoms with E-state index < -0.39 is 12.1 Å². The lowest BCUT2D eigenvalue weighted by atomic mass is 9.87. The van der Waals surface area contributed by atoms with Crippen LogP contribution < -0.4 is 5.32 Å². The Labute approximate surface area is 117 Å². The van der Waals surface area contributed by atoms with E-state index in [0.29, 0.717) is 5.52 Å². The number of rotatable bonds is 1. The number of nitrogens with zero attached hydrogens (tertiary/aromatic N) is 1. The van der Waals surface area contributed by atoms with Gasteiger partial charge in [0.25, 0.3) is 0 Å². The smallest absolute Gasteiger partial charge is 0.294 e. The van der Waals surface area contributed by atoms with Gasteiger partial charge < -0.3 is 0 Å². The number of hydrogen-bond acceptors (Lipinski definition) is 3. The van der Waals surface area contributed by atoms with Crippen molar-refractivity contribution in [3.8, 4) is 0 Å². The number of benzene rings is 1. The van der Waals surface area contributed by atoms with E-state index >= 15 is 0 Å². The van der Waals surface area contributed by atoms with Gasteiger partial charge in [0.1, 0.15) is 0 Å². The Morgan fingerprint density at radius 1 is 1.25 bits per heavy atom. The van der Waals surface area contributed by atoms with E-state index in [1.54, 1.807) is 11.4 Å². The number of amides is 1. The van der Waals surface area contributed by atoms with Gasteiger partial charge in [-0.05, 0) is 23.1 Å². The summed E-state index contributed by atoms with van der Waals surface area (Å²) < 4.78 is 37.3. The van der Waals surface area contributed by atoms with E-state index in [0.717, 1.165) is 21.6 Å². The molecule has 1 heterocycles. The van der Waals surface area contributed by atoms with Gasteiger partial charge in [0.05, 0.1) is 10.2 Å². The lowest BCUT2D eigenvalue weighted by Crippen LogP contribution is -2.29. The monoisotopic (exact) mass is 302 g/mol. The van der Waals surface area contributed by atoms with Crippen LogP contribution >= 0.6 is 11.3 Å². The largest absolute Gasteiger partial charge is 0.471 e. The van der Waals surface area contributed by atoms with Crippen LogP contribution in [0.4, 0.5) is 18.3 Å². The molecule has 108 valence electrons. The second kappa shape index (κ2) is 4.73. The van der Waals surface area contributed by atoms with Crippen molar-refractivity contribution in [2.24, 2.45) is 0 Å². The molecule has 0 radical (unpaired) electrons. The van der Waals surface area contributed by atoms with Gasteiger partial charge in [0.15, 0.2) is 5.13 Å². The van der Waals surface area contributed by atoms with Crippen molar-refractivity contribution in [2.45, 2.75) is 32.4 Å². The number of nitrogens with one attached hydrogen (secondary N) is 1. The molecule has 0 saturated carbocycles. The molecular formula is C13H13F3N2OS. The highest BCUT2D eigenvalue weighted by Gasteiger charge is 2.39. The van der Waals surface area contributed by atoms with Crippen LogP contribution in [0.5, 0.6) is 0 Å². The molecule has 20 heavy (non-hydrogen) atoms. The molecule has 0 aliphatic rings. The van der Waals surface area contributed by atoms with Gasteiger partial charge in [-0.15, -0.1) is 0 Å². The van der Waals surface area contributed by atoms with Crippen LogP contribution in [-0.2, 0) is 10.2 Å². The van der Waals surface area contributed by atoms with Gasteiger partial charge >= 0.3 is 12.1 Å². The normalized spacial score (nSPS) is 12.7. The van der Waals surface area contributed by atoms with Crippen LogP contribution in [0, 0.1) is 0 Å². The van der Waals surface area contributed by atoms with Crippen molar-refractivity contribution in [2.75, 3.05) is 5.32 Å². The number of alkyl halides is 3. The van der Waals surface area contributed by atoms with Crippen LogP contribution in [0.15, 0.2) is 18.2 Å². The minimum absolute atomic E-state index is 0.0478. The number of halogens is 3. The van der Waals surface area contributed by atoms with Crippen molar-refractivity contribution in [3.63, 3.8) is 0 Å². The maximum Gasteiger partial charge on any atom is 0.471 e. The third-order valence-electron chi connectivity index (χ3n) is 2.73. The summed E-state index contributed by atoms with van der Waals surface area (Å²) in [5.74, 6) is -2.01. The zero-order chi connectivity index (χ0) is 15.1. The topological polar surface area (TPSA) is 42.0 Å². The van der Waals surface area contributed by atoms with Gasteiger partial charge in [0.2, 0.25) is 0 Å². The van der Waals surface area contributed by atoms with Gasteiger partial charge in [0, 0.05) is 0 Å². The van der Waals surface area contributed by atoms with Crippen molar-refractivity contribution in [1.82, 2.24) is 4.98 Å². The number of thiazole rings is 1. The molecule has 0 aliphatic heterocycles. The summed E-state index contributed by atoms with van der Waals surface area (Å²) in [5, 5.41) is 1.73. The van der Waals surface area contributed by atoms with Gasteiger partial charge in [-0.3, -0.25) is 10.1 Å². The lowest BCUT2D eigenvalue weighted by molar-refractivity contribution is -0.167. The van der Waals surface area contributed by atoms with Crippen LogP contribution in [-0.4, -0.2) is 17.1 Å². The van der Waals surface area contributed by atoms with Crippen molar-refractivity contribution in [1.29, 1.82) is 0 Å². The molecule has 0 saturated heterocycles. The molecule has 1 aromatic carbocycles. The Morgan fingerprint density at radius 2 is 1.90 bits per heavy atom. The number of hydrogen-bond donors (Lipinski definition) is 1. The zero-order valence-corrected chi connectivity index (χ0v) is 11.9. The number of aromatic nitrogens is 1. The van der Waals surface area contributed by atoms with E-state index in [1.165, 1.54) is 0 Å². The molecule has 0 atom stereocenters. The molecule has 2 aromatic rings. The average molecular weight is 302 g/mol. The quantitative estimate of drug-likeness (QED) is 0.862. The lowest BCUT2D eigenvalue weighted by Gasteiger charge is -2.18. The summed E-state index contributed by atoms with van der Waals surface area (Å²) >= 11 is 1.03. The Hall–Kier alpha value is -1.63. The van der Waals surface area contributed by atoms with E-state index in [-0.39, 0.29) is 10.5 Å². The highest BCUT2D eigenvalue weighted by atomic mass is 32.1. The van der Waals surface area contributed by atoms with Crippen molar-refractivity contribution >= 4 is 32.6 Å². The second-order valence-electron chi connectivity index (χ2n) is 5.40. The molecule has 1 N–H and O–H groups in total. The molecule has 0 bridgehead atoms. The maximum absolute atomic E-state index is 12.2. The van der Waals surface area contributed by atoms with Crippen LogP contribution in [0.25, 0.3) is 10.2 Å². The molecule has 0 unspecified atom stereocenters. The average Bonchev–Trinajstić information content (AvgIpc) is 2.67. The first-order valence-corrected chi connectivity index (χ1v) is 6.68. The maximum atomic E-state index is 12.2. The summed E-state index contributed by atoms with van der Waals surface area (Å²) in [5.41, 5.74) is 1.57. The summed E-state index contributed by atoms with van der Waals surface area (Å²) in [7, 11) is 0. The van der Waals surface area contributed by atoms with Crippen LogP contribution in [0.3, 0.4) is 0 Å². The zero-order valence-electron chi connectivity index (χ0n) is 11.1. The molecule has 3 nitrogen and oxygen atoms in total. The van der Waals surface area contributed by atoms with Gasteiger partial charge in [-0.25, -0.2) is 4.98 Å². The third kappa shape index (κ3) is 3.09. The number of carbonyl (C=O) groups excluding carboxylic acids is 1. The van der Waals surface area contributed by atoms with Crippen LogP contribution in [0.1, 0.15) is 26.3 Å². The minimum atomic E-state index is -4.91. The summed E-state index contributed by atoms with van der Waals surface area (Å²) in [6.07, 6.45) is -4.91. The number of anilines is 1. The molecular weight excluding hydrogens is 289 g/mol. The summed E-state index contributed by atoms with van der Waals surface area (Å²) in [6, 6.07) is 5.52. The first kappa shape index (κ1) is 14.8. The third-order valence-corrected chi connectivity index (χ3v) is 3.67. The van der Waals surface area contributed by atoms with Crippen molar-refractivity contribution < 1.29 is 18.0 Å². The number of fused-ring (bicyclic) bond motifs is 1. The Bertz CT molecular complexity index is 656. The van der Waals surface area contributed by atoms with E-state index in [4.69, 9.17) is 0 Å². The van der Waals surface area contributed by atoms with E-state index in [1.807, 2.05) is 32.9 Å². The number of carbonyl (C=O) groups is 1. The van der Waals surface area contributed by atoms with Crippen molar-refractivity contribution in [3.05, 3.63) is 23.8 Å². The molecule has 0 aliphatic carbocycles. The Balaban J connectivity index is 2.33.